The van der Waals surface area contributed by atoms with Crippen LogP contribution >= 0.6 is 0 Å². The van der Waals surface area contributed by atoms with Crippen LogP contribution in [-0.4, -0.2) is 17.1 Å². The van der Waals surface area contributed by atoms with Gasteiger partial charge in [-0.1, -0.05) is 13.3 Å². The van der Waals surface area contributed by atoms with Crippen molar-refractivity contribution in [3.8, 4) is 0 Å². The van der Waals surface area contributed by atoms with Gasteiger partial charge < -0.3 is 10.8 Å². The van der Waals surface area contributed by atoms with Crippen molar-refractivity contribution in [3.05, 3.63) is 0 Å². The normalized spacial score (nSPS) is 9.60. The molecule has 0 saturated heterocycles. The second-order valence-electron chi connectivity index (χ2n) is 2.84. The molecule has 0 aromatic heterocycles. The van der Waals surface area contributed by atoms with Crippen LogP contribution in [0.15, 0.2) is 0 Å². The fourth-order valence-corrected chi connectivity index (χ4v) is 0.644. The molecule has 0 radical (unpaired) electrons. The Kier molecular flexibility index (Phi) is 7.95. The van der Waals surface area contributed by atoms with Crippen LogP contribution in [0.25, 0.3) is 0 Å². The van der Waals surface area contributed by atoms with E-state index >= 15 is 0 Å². The van der Waals surface area contributed by atoms with Crippen molar-refractivity contribution in [2.45, 2.75) is 39.2 Å². The van der Waals surface area contributed by atoms with Gasteiger partial charge in [-0.05, 0) is 20.3 Å². The van der Waals surface area contributed by atoms with E-state index in [9.17, 15) is 0 Å². The summed E-state index contributed by atoms with van der Waals surface area (Å²) in [5, 5.41) is 6.89. The highest BCUT2D eigenvalue weighted by Crippen LogP contribution is 2.04. The summed E-state index contributed by atoms with van der Waals surface area (Å²) in [7, 11) is 0. The third-order valence-corrected chi connectivity index (χ3v) is 0.894. The zero-order valence-corrected chi connectivity index (χ0v) is 6.92. The summed E-state index contributed by atoms with van der Waals surface area (Å²) in [6, 6.07) is 0. The van der Waals surface area contributed by atoms with E-state index in [0.29, 0.717) is 0 Å². The van der Waals surface area contributed by atoms with E-state index in [1.165, 1.54) is 6.42 Å². The van der Waals surface area contributed by atoms with E-state index in [1.807, 2.05) is 0 Å². The van der Waals surface area contributed by atoms with Crippen molar-refractivity contribution in [1.29, 1.82) is 0 Å². The van der Waals surface area contributed by atoms with Crippen LogP contribution in [0.2, 0.25) is 0 Å². The predicted octanol–water partition coefficient (Wildman–Crippen LogP) is 1.22. The molecule has 0 amide bonds. The van der Waals surface area contributed by atoms with Crippen LogP contribution in [0.4, 0.5) is 0 Å². The molecule has 3 heteroatoms. The first-order valence-corrected chi connectivity index (χ1v) is 3.34. The molecule has 0 unspecified atom stereocenters. The Labute approximate surface area is 62.2 Å². The van der Waals surface area contributed by atoms with Gasteiger partial charge in [0.05, 0.1) is 0 Å². The summed E-state index contributed by atoms with van der Waals surface area (Å²) < 4.78 is 0. The summed E-state index contributed by atoms with van der Waals surface area (Å²) in [6.07, 6.45) is 2.30. The number of carboxylic acid groups (broad SMARTS) is 1. The first-order chi connectivity index (χ1) is 4.47. The van der Waals surface area contributed by atoms with Crippen molar-refractivity contribution >= 4 is 6.47 Å². The second-order valence-corrected chi connectivity index (χ2v) is 2.84. The molecule has 0 rings (SSSR count). The Bertz CT molecular complexity index is 76.2. The van der Waals surface area contributed by atoms with E-state index in [0.717, 1.165) is 6.42 Å². The molecule has 0 saturated carbocycles. The molecule has 0 bridgehead atoms. The Morgan fingerprint density at radius 1 is 1.60 bits per heavy atom. The van der Waals surface area contributed by atoms with Crippen molar-refractivity contribution < 1.29 is 9.90 Å². The molecule has 0 fully saturated rings. The number of rotatable bonds is 2. The summed E-state index contributed by atoms with van der Waals surface area (Å²) in [5.41, 5.74) is 5.70. The third kappa shape index (κ3) is 26.1. The highest BCUT2D eigenvalue weighted by atomic mass is 16.3. The van der Waals surface area contributed by atoms with Crippen LogP contribution in [0.3, 0.4) is 0 Å². The van der Waals surface area contributed by atoms with E-state index in [1.54, 1.807) is 0 Å². The molecule has 0 heterocycles. The maximum atomic E-state index is 8.36. The van der Waals surface area contributed by atoms with Gasteiger partial charge in [0.1, 0.15) is 0 Å². The van der Waals surface area contributed by atoms with Gasteiger partial charge in [0, 0.05) is 5.54 Å². The largest absolute Gasteiger partial charge is 0.483 e. The first kappa shape index (κ1) is 12.1. The number of hydrogen-bond acceptors (Lipinski definition) is 2. The molecular formula is C7H17NO2. The molecule has 0 atom stereocenters. The van der Waals surface area contributed by atoms with Gasteiger partial charge in [-0.25, -0.2) is 0 Å². The Hall–Kier alpha value is -0.570. The second kappa shape index (κ2) is 6.55. The smallest absolute Gasteiger partial charge is 0.290 e. The molecule has 0 aromatic rings. The quantitative estimate of drug-likeness (QED) is 0.577. The SMILES string of the molecule is CCCC(C)(C)N.O=CO. The van der Waals surface area contributed by atoms with E-state index < -0.39 is 0 Å². The van der Waals surface area contributed by atoms with E-state index in [4.69, 9.17) is 15.6 Å². The molecule has 3 N–H and O–H groups in total. The molecule has 10 heavy (non-hydrogen) atoms. The summed E-state index contributed by atoms with van der Waals surface area (Å²) in [5.74, 6) is 0. The van der Waals surface area contributed by atoms with Crippen LogP contribution in [-0.2, 0) is 4.79 Å². The minimum Gasteiger partial charge on any atom is -0.483 e. The lowest BCUT2D eigenvalue weighted by Gasteiger charge is -2.15. The number of hydrogen-bond donors (Lipinski definition) is 2. The van der Waals surface area contributed by atoms with E-state index in [2.05, 4.69) is 20.8 Å². The molecule has 3 nitrogen and oxygen atoms in total. The van der Waals surface area contributed by atoms with Gasteiger partial charge in [0.2, 0.25) is 0 Å². The monoisotopic (exact) mass is 147 g/mol. The van der Waals surface area contributed by atoms with Gasteiger partial charge in [-0.15, -0.1) is 0 Å². The first-order valence-electron chi connectivity index (χ1n) is 3.34. The molecule has 0 spiro atoms. The van der Waals surface area contributed by atoms with E-state index in [-0.39, 0.29) is 12.0 Å². The summed E-state index contributed by atoms with van der Waals surface area (Å²) in [6.45, 7) is 6.00. The minimum atomic E-state index is -0.250. The standard InChI is InChI=1S/C6H15N.CH2O2/c1-4-5-6(2,3)7;2-1-3/h4-5,7H2,1-3H3;1H,(H,2,3). The predicted molar refractivity (Wildman–Crippen MR) is 41.9 cm³/mol. The number of nitrogens with two attached hydrogens (primary N) is 1. The fourth-order valence-electron chi connectivity index (χ4n) is 0.644. The van der Waals surface area contributed by atoms with Crippen LogP contribution in [0.5, 0.6) is 0 Å². The molecule has 0 aliphatic rings. The Morgan fingerprint density at radius 2 is 1.90 bits per heavy atom. The van der Waals surface area contributed by atoms with Crippen LogP contribution in [0.1, 0.15) is 33.6 Å². The highest BCUT2D eigenvalue weighted by molar-refractivity contribution is 5.32. The zero-order chi connectivity index (χ0) is 8.62. The lowest BCUT2D eigenvalue weighted by atomic mass is 10.0. The van der Waals surface area contributed by atoms with Crippen molar-refractivity contribution in [2.24, 2.45) is 5.73 Å². The van der Waals surface area contributed by atoms with Crippen molar-refractivity contribution in [1.82, 2.24) is 0 Å². The molecule has 62 valence electrons. The maximum Gasteiger partial charge on any atom is 0.290 e. The molecule has 0 aliphatic carbocycles. The Balaban J connectivity index is 0. The number of carbonyl (C=O) groups is 1. The van der Waals surface area contributed by atoms with Crippen molar-refractivity contribution in [2.75, 3.05) is 0 Å². The topological polar surface area (TPSA) is 63.3 Å². The minimum absolute atomic E-state index is 0.0503. The Morgan fingerprint density at radius 3 is 1.90 bits per heavy atom. The van der Waals surface area contributed by atoms with Crippen molar-refractivity contribution in [3.63, 3.8) is 0 Å². The average Bonchev–Trinajstić information content (AvgIpc) is 1.63. The van der Waals surface area contributed by atoms with Gasteiger partial charge in [0.15, 0.2) is 0 Å². The lowest BCUT2D eigenvalue weighted by molar-refractivity contribution is -0.122. The average molecular weight is 147 g/mol. The molecule has 0 aromatic carbocycles. The van der Waals surface area contributed by atoms with Gasteiger partial charge in [-0.3, -0.25) is 4.79 Å². The summed E-state index contributed by atoms with van der Waals surface area (Å²) >= 11 is 0. The summed E-state index contributed by atoms with van der Waals surface area (Å²) in [4.78, 5) is 8.36. The molecule has 0 aliphatic heterocycles. The van der Waals surface area contributed by atoms with Gasteiger partial charge in [0.25, 0.3) is 6.47 Å². The molecular weight excluding hydrogens is 130 g/mol. The lowest BCUT2D eigenvalue weighted by Crippen LogP contribution is -2.31. The maximum absolute atomic E-state index is 8.36. The van der Waals surface area contributed by atoms with Gasteiger partial charge in [-0.2, -0.15) is 0 Å². The van der Waals surface area contributed by atoms with Gasteiger partial charge >= 0.3 is 0 Å². The van der Waals surface area contributed by atoms with Crippen LogP contribution in [0, 0.1) is 0 Å². The van der Waals surface area contributed by atoms with Crippen LogP contribution < -0.4 is 5.73 Å². The zero-order valence-electron chi connectivity index (χ0n) is 6.92. The highest BCUT2D eigenvalue weighted by Gasteiger charge is 2.06. The third-order valence-electron chi connectivity index (χ3n) is 0.894. The fraction of sp³-hybridized carbons (Fsp3) is 0.857.